The maximum absolute atomic E-state index is 12.1. The molecule has 0 unspecified atom stereocenters. The van der Waals surface area contributed by atoms with Crippen molar-refractivity contribution in [3.8, 4) is 11.3 Å². The Balaban J connectivity index is 1.85. The summed E-state index contributed by atoms with van der Waals surface area (Å²) < 4.78 is 6.67. The summed E-state index contributed by atoms with van der Waals surface area (Å²) >= 11 is 3.41. The summed E-state index contributed by atoms with van der Waals surface area (Å²) in [7, 11) is 0. The van der Waals surface area contributed by atoms with Gasteiger partial charge < -0.3 is 9.73 Å². The minimum absolute atomic E-state index is 0.170. The molecular weight excluding hydrogens is 360 g/mol. The number of urea groups is 1. The van der Waals surface area contributed by atoms with Gasteiger partial charge in [0.05, 0.1) is 0 Å². The molecule has 1 N–H and O–H groups in total. The third-order valence-corrected chi connectivity index (χ3v) is 3.79. The summed E-state index contributed by atoms with van der Waals surface area (Å²) in [6, 6.07) is 10.8. The molecule has 6 heteroatoms. The number of halogens is 1. The first-order valence-corrected chi connectivity index (χ1v) is 7.69. The largest absolute Gasteiger partial charge is 0.457 e. The Labute approximate surface area is 141 Å². The van der Waals surface area contributed by atoms with E-state index in [1.807, 2.05) is 30.3 Å². The average Bonchev–Trinajstić information content (AvgIpc) is 3.09. The van der Waals surface area contributed by atoms with Crippen molar-refractivity contribution in [1.29, 1.82) is 0 Å². The number of imide groups is 1. The number of carbonyl (C=O) groups is 2. The highest BCUT2D eigenvalue weighted by atomic mass is 79.9. The lowest BCUT2D eigenvalue weighted by atomic mass is 10.2. The van der Waals surface area contributed by atoms with E-state index in [2.05, 4.69) is 27.8 Å². The molecule has 3 rings (SSSR count). The lowest BCUT2D eigenvalue weighted by Gasteiger charge is -2.06. The quantitative estimate of drug-likeness (QED) is 0.504. The van der Waals surface area contributed by atoms with E-state index < -0.39 is 11.9 Å². The van der Waals surface area contributed by atoms with Gasteiger partial charge in [0.15, 0.2) is 0 Å². The van der Waals surface area contributed by atoms with E-state index in [9.17, 15) is 9.59 Å². The summed E-state index contributed by atoms with van der Waals surface area (Å²) in [5.41, 5.74) is 1.10. The molecular formula is C17H13BrN2O3. The van der Waals surface area contributed by atoms with Crippen molar-refractivity contribution >= 4 is 33.9 Å². The third kappa shape index (κ3) is 3.12. The van der Waals surface area contributed by atoms with Crippen LogP contribution >= 0.6 is 15.9 Å². The van der Waals surface area contributed by atoms with Gasteiger partial charge >= 0.3 is 6.03 Å². The monoisotopic (exact) mass is 372 g/mol. The molecule has 0 radical (unpaired) electrons. The van der Waals surface area contributed by atoms with E-state index in [-0.39, 0.29) is 12.2 Å². The number of amides is 3. The van der Waals surface area contributed by atoms with Crippen LogP contribution in [0.25, 0.3) is 17.4 Å². The number of benzene rings is 1. The van der Waals surface area contributed by atoms with E-state index >= 15 is 0 Å². The molecule has 23 heavy (non-hydrogen) atoms. The summed E-state index contributed by atoms with van der Waals surface area (Å²) in [6.07, 6.45) is 3.02. The predicted molar refractivity (Wildman–Crippen MR) is 90.3 cm³/mol. The van der Waals surface area contributed by atoms with Gasteiger partial charge in [0.2, 0.25) is 0 Å². The second-order valence-electron chi connectivity index (χ2n) is 4.90. The first kappa shape index (κ1) is 15.3. The second-order valence-corrected chi connectivity index (χ2v) is 5.82. The van der Waals surface area contributed by atoms with Crippen LogP contribution in [0.2, 0.25) is 0 Å². The molecule has 5 nitrogen and oxygen atoms in total. The summed E-state index contributed by atoms with van der Waals surface area (Å²) in [6.45, 7) is 3.70. The van der Waals surface area contributed by atoms with E-state index in [4.69, 9.17) is 4.42 Å². The van der Waals surface area contributed by atoms with Gasteiger partial charge in [-0.1, -0.05) is 34.1 Å². The molecule has 1 saturated heterocycles. The van der Waals surface area contributed by atoms with Crippen LogP contribution in [-0.2, 0) is 4.79 Å². The first-order valence-electron chi connectivity index (χ1n) is 6.89. The van der Waals surface area contributed by atoms with Gasteiger partial charge in [0.25, 0.3) is 5.91 Å². The highest BCUT2D eigenvalue weighted by Crippen LogP contribution is 2.26. The number of nitrogens with one attached hydrogen (secondary N) is 1. The van der Waals surface area contributed by atoms with Crippen molar-refractivity contribution in [1.82, 2.24) is 10.2 Å². The SMILES string of the molecule is C=CCN1C(=O)NC(=Cc2ccc(-c3cccc(Br)c3)o2)C1=O. The van der Waals surface area contributed by atoms with Crippen molar-refractivity contribution in [3.05, 3.63) is 65.0 Å². The Bertz CT molecular complexity index is 823. The molecule has 0 spiro atoms. The fourth-order valence-corrected chi connectivity index (χ4v) is 2.64. The van der Waals surface area contributed by atoms with E-state index in [1.54, 1.807) is 6.07 Å². The molecule has 1 aliphatic heterocycles. The van der Waals surface area contributed by atoms with Crippen LogP contribution in [0.1, 0.15) is 5.76 Å². The van der Waals surface area contributed by atoms with Crippen molar-refractivity contribution in [2.45, 2.75) is 0 Å². The predicted octanol–water partition coefficient (Wildman–Crippen LogP) is 3.79. The first-order chi connectivity index (χ1) is 11.1. The Kier molecular flexibility index (Phi) is 4.16. The van der Waals surface area contributed by atoms with Crippen LogP contribution in [0.3, 0.4) is 0 Å². The number of hydrogen-bond donors (Lipinski definition) is 1. The molecule has 0 atom stereocenters. The fourth-order valence-electron chi connectivity index (χ4n) is 2.24. The lowest BCUT2D eigenvalue weighted by Crippen LogP contribution is -2.30. The van der Waals surface area contributed by atoms with Gasteiger partial charge in [-0.3, -0.25) is 9.69 Å². The second kappa shape index (κ2) is 6.26. The number of furan rings is 1. The zero-order chi connectivity index (χ0) is 16.4. The van der Waals surface area contributed by atoms with Gasteiger partial charge in [-0.05, 0) is 24.3 Å². The van der Waals surface area contributed by atoms with Crippen LogP contribution < -0.4 is 5.32 Å². The standard InChI is InChI=1S/C17H13BrN2O3/c1-2-8-20-16(21)14(19-17(20)22)10-13-6-7-15(23-13)11-4-3-5-12(18)9-11/h2-7,9-10H,1,8H2,(H,19,22). The van der Waals surface area contributed by atoms with Crippen molar-refractivity contribution < 1.29 is 14.0 Å². The zero-order valence-corrected chi connectivity index (χ0v) is 13.7. The molecule has 2 heterocycles. The van der Waals surface area contributed by atoms with Crippen molar-refractivity contribution in [2.75, 3.05) is 6.54 Å². The number of rotatable bonds is 4. The fraction of sp³-hybridized carbons (Fsp3) is 0.0588. The van der Waals surface area contributed by atoms with Gasteiger partial charge in [-0.25, -0.2) is 4.79 Å². The molecule has 0 saturated carbocycles. The summed E-state index contributed by atoms with van der Waals surface area (Å²) in [5, 5.41) is 2.53. The number of hydrogen-bond acceptors (Lipinski definition) is 3. The molecule has 1 aromatic carbocycles. The topological polar surface area (TPSA) is 62.6 Å². The molecule has 1 aromatic heterocycles. The Hall–Kier alpha value is -2.60. The molecule has 116 valence electrons. The molecule has 0 aliphatic carbocycles. The molecule has 3 amide bonds. The highest BCUT2D eigenvalue weighted by molar-refractivity contribution is 9.10. The highest BCUT2D eigenvalue weighted by Gasteiger charge is 2.32. The van der Waals surface area contributed by atoms with E-state index in [1.165, 1.54) is 12.2 Å². The van der Waals surface area contributed by atoms with Crippen molar-refractivity contribution in [3.63, 3.8) is 0 Å². The van der Waals surface area contributed by atoms with Crippen LogP contribution in [-0.4, -0.2) is 23.4 Å². The van der Waals surface area contributed by atoms with Crippen LogP contribution in [0, 0.1) is 0 Å². The van der Waals surface area contributed by atoms with Crippen LogP contribution in [0.4, 0.5) is 4.79 Å². The Morgan fingerprint density at radius 2 is 2.09 bits per heavy atom. The van der Waals surface area contributed by atoms with E-state index in [0.717, 1.165) is 14.9 Å². The van der Waals surface area contributed by atoms with Crippen LogP contribution in [0.5, 0.6) is 0 Å². The van der Waals surface area contributed by atoms with Crippen LogP contribution in [0.15, 0.2) is 63.6 Å². The Morgan fingerprint density at radius 3 is 2.83 bits per heavy atom. The molecule has 1 fully saturated rings. The number of nitrogens with zero attached hydrogens (tertiary/aromatic N) is 1. The number of carbonyl (C=O) groups excluding carboxylic acids is 2. The minimum atomic E-state index is -0.458. The Morgan fingerprint density at radius 1 is 1.26 bits per heavy atom. The van der Waals surface area contributed by atoms with Gasteiger partial charge in [-0.2, -0.15) is 0 Å². The minimum Gasteiger partial charge on any atom is -0.457 e. The third-order valence-electron chi connectivity index (χ3n) is 3.30. The maximum Gasteiger partial charge on any atom is 0.329 e. The summed E-state index contributed by atoms with van der Waals surface area (Å²) in [4.78, 5) is 24.9. The van der Waals surface area contributed by atoms with E-state index in [0.29, 0.717) is 11.5 Å². The van der Waals surface area contributed by atoms with Gasteiger partial charge in [0, 0.05) is 22.7 Å². The smallest absolute Gasteiger partial charge is 0.329 e. The molecule has 2 aromatic rings. The summed E-state index contributed by atoms with van der Waals surface area (Å²) in [5.74, 6) is 0.775. The zero-order valence-electron chi connectivity index (χ0n) is 12.1. The van der Waals surface area contributed by atoms with Gasteiger partial charge in [-0.15, -0.1) is 6.58 Å². The lowest BCUT2D eigenvalue weighted by molar-refractivity contribution is -0.122. The van der Waals surface area contributed by atoms with Crippen molar-refractivity contribution in [2.24, 2.45) is 0 Å². The van der Waals surface area contributed by atoms with Gasteiger partial charge in [0.1, 0.15) is 17.2 Å². The molecule has 1 aliphatic rings. The normalized spacial score (nSPS) is 16.0. The maximum atomic E-state index is 12.1. The molecule has 0 bridgehead atoms. The average molecular weight is 373 g/mol.